The molecule has 0 atom stereocenters. The van der Waals surface area contributed by atoms with Crippen molar-refractivity contribution >= 4 is 38.1 Å². The first-order chi connectivity index (χ1) is 39.4. The van der Waals surface area contributed by atoms with Crippen molar-refractivity contribution < 1.29 is 20.6 Å². The van der Waals surface area contributed by atoms with Crippen LogP contribution in [0.25, 0.3) is 128 Å². The van der Waals surface area contributed by atoms with E-state index in [1.165, 1.54) is 6.07 Å². The molecule has 3 heterocycles. The van der Waals surface area contributed by atoms with Crippen LogP contribution >= 0.6 is 0 Å². The fourth-order valence-electron chi connectivity index (χ4n) is 9.27. The maximum atomic E-state index is 8.76. The third-order valence-corrected chi connectivity index (χ3v) is 12.4. The molecule has 13 aromatic rings. The van der Waals surface area contributed by atoms with Gasteiger partial charge >= 0.3 is 0 Å². The van der Waals surface area contributed by atoms with Crippen LogP contribution in [-0.4, -0.2) is 14.4 Å². The van der Waals surface area contributed by atoms with Gasteiger partial charge in [0, 0.05) is 38.2 Å². The Labute approximate surface area is 410 Å². The Balaban J connectivity index is 0.857. The molecule has 0 N–H and O–H groups in total. The molecule has 0 radical (unpaired) electrons. The van der Waals surface area contributed by atoms with Crippen molar-refractivity contribution in [3.8, 4) is 89.5 Å². The molecule has 3 aromatic heterocycles. The quantitative estimate of drug-likeness (QED) is 0.152. The number of fused-ring (bicyclic) bond motifs is 6. The number of para-hydroxylation sites is 1. The summed E-state index contributed by atoms with van der Waals surface area (Å²) >= 11 is 0. The lowest BCUT2D eigenvalue weighted by Crippen LogP contribution is -1.96. The molecule has 0 amide bonds. The van der Waals surface area contributed by atoms with Gasteiger partial charge in [0.05, 0.1) is 48.5 Å². The number of rotatable bonds is 8. The second-order valence-corrected chi connectivity index (χ2v) is 16.3. The van der Waals surface area contributed by atoms with Crippen LogP contribution in [-0.2, 0) is 0 Å². The normalized spacial score (nSPS) is 14.7. The van der Waals surface area contributed by atoms with Gasteiger partial charge in [-0.25, -0.2) is 9.97 Å². The van der Waals surface area contributed by atoms with Gasteiger partial charge in [0.2, 0.25) is 0 Å². The summed E-state index contributed by atoms with van der Waals surface area (Å²) < 4.78 is 129. The van der Waals surface area contributed by atoms with E-state index >= 15 is 0 Å². The van der Waals surface area contributed by atoms with Crippen molar-refractivity contribution in [3.05, 3.63) is 248 Å². The highest BCUT2D eigenvalue weighted by Crippen LogP contribution is 2.42. The predicted octanol–water partition coefficient (Wildman–Crippen LogP) is 17.0. The highest BCUT2D eigenvalue weighted by molar-refractivity contribution is 6.23. The topological polar surface area (TPSA) is 30.2 Å². The molecule has 0 saturated carbocycles. The Bertz CT molecular complexity index is 4720. The molecule has 67 heavy (non-hydrogen) atoms. The van der Waals surface area contributed by atoms with Gasteiger partial charge < -0.3 is 4.40 Å². The van der Waals surface area contributed by atoms with Crippen LogP contribution in [0.2, 0.25) is 0 Å². The molecule has 3 nitrogen and oxygen atoms in total. The molecule has 312 valence electrons. The smallest absolute Gasteiger partial charge is 0.160 e. The van der Waals surface area contributed by atoms with Gasteiger partial charge in [0.15, 0.2) is 5.82 Å². The molecule has 0 bridgehead atoms. The first-order valence-corrected chi connectivity index (χ1v) is 21.6. The highest BCUT2D eigenvalue weighted by atomic mass is 14.9. The molecule has 0 fully saturated rings. The average Bonchev–Trinajstić information content (AvgIpc) is 1.74. The molecule has 0 saturated heterocycles. The van der Waals surface area contributed by atoms with Gasteiger partial charge in [-0.1, -0.05) is 206 Å². The zero-order chi connectivity index (χ0) is 57.3. The number of benzene rings is 10. The van der Waals surface area contributed by atoms with Crippen molar-refractivity contribution in [2.75, 3.05) is 0 Å². The lowest BCUT2D eigenvalue weighted by atomic mass is 9.94. The SMILES string of the molecule is [2H]c1c([2H])c([2H])c(-c2ccc3c4cccc5c6ccc(-c7cccc(-c8cccc(-c9cccc(-c%10cccc(-c%11nc(-c%12c([2H])c([2H])c([2H])c([2H])c%12[2H])cc(-c%12c([2H])c([2H])c([2H])c([2H])c%12[2H])n%11)c%10)c9)c8)c7)cc6n(c3c2)c54)c([2H])c1[2H]. The molecule has 0 aliphatic rings. The molecule has 0 unspecified atom stereocenters. The third kappa shape index (κ3) is 6.84. The summed E-state index contributed by atoms with van der Waals surface area (Å²) in [5, 5.41) is 4.19. The summed E-state index contributed by atoms with van der Waals surface area (Å²) in [5.74, 6) is 0.0311. The second-order valence-electron chi connectivity index (χ2n) is 16.3. The zero-order valence-electron chi connectivity index (χ0n) is 50.4. The third-order valence-electron chi connectivity index (χ3n) is 12.4. The van der Waals surface area contributed by atoms with Crippen LogP contribution in [0.1, 0.15) is 20.6 Å². The van der Waals surface area contributed by atoms with Crippen LogP contribution in [0, 0.1) is 0 Å². The number of hydrogen-bond acceptors (Lipinski definition) is 2. The molecular formula is C64H41N3. The predicted molar refractivity (Wildman–Crippen MR) is 280 cm³/mol. The summed E-state index contributed by atoms with van der Waals surface area (Å²) in [6.07, 6.45) is 0. The highest BCUT2D eigenvalue weighted by Gasteiger charge is 2.19. The first-order valence-electron chi connectivity index (χ1n) is 29.1. The molecular weight excluding hydrogens is 811 g/mol. The lowest BCUT2D eigenvalue weighted by molar-refractivity contribution is 1.18. The number of aromatic nitrogens is 3. The van der Waals surface area contributed by atoms with E-state index in [1.807, 2.05) is 72.8 Å². The number of hydrogen-bond donors (Lipinski definition) is 0. The summed E-state index contributed by atoms with van der Waals surface area (Å²) in [5.41, 5.74) is 10.9. The average molecular weight is 867 g/mol. The van der Waals surface area contributed by atoms with Gasteiger partial charge in [0.25, 0.3) is 0 Å². The summed E-state index contributed by atoms with van der Waals surface area (Å²) in [7, 11) is 0. The Hall–Kier alpha value is -8.92. The Kier molecular flexibility index (Phi) is 6.22. The van der Waals surface area contributed by atoms with E-state index in [1.54, 1.807) is 12.1 Å². The number of nitrogens with zero attached hydrogens (tertiary/aromatic N) is 3. The van der Waals surface area contributed by atoms with Crippen LogP contribution in [0.15, 0.2) is 248 Å². The van der Waals surface area contributed by atoms with E-state index in [9.17, 15) is 0 Å². The molecule has 3 heteroatoms. The zero-order valence-corrected chi connectivity index (χ0v) is 35.4. The van der Waals surface area contributed by atoms with Gasteiger partial charge in [-0.3, -0.25) is 0 Å². The van der Waals surface area contributed by atoms with Gasteiger partial charge in [-0.15, -0.1) is 0 Å². The summed E-state index contributed by atoms with van der Waals surface area (Å²) in [4.78, 5) is 9.45. The van der Waals surface area contributed by atoms with E-state index in [2.05, 4.69) is 71.1 Å². The van der Waals surface area contributed by atoms with Crippen molar-refractivity contribution in [1.29, 1.82) is 0 Å². The van der Waals surface area contributed by atoms with Crippen molar-refractivity contribution in [2.45, 2.75) is 0 Å². The van der Waals surface area contributed by atoms with Gasteiger partial charge in [-0.05, 0) is 98.1 Å². The molecule has 0 aliphatic carbocycles. The maximum absolute atomic E-state index is 8.76. The lowest BCUT2D eigenvalue weighted by Gasteiger charge is -2.12. The minimum absolute atomic E-state index is 0.0311. The minimum Gasteiger partial charge on any atom is -0.308 e. The van der Waals surface area contributed by atoms with E-state index < -0.39 is 66.5 Å². The van der Waals surface area contributed by atoms with Crippen LogP contribution < -0.4 is 0 Å². The Morgan fingerprint density at radius 3 is 1.06 bits per heavy atom. The van der Waals surface area contributed by atoms with E-state index in [0.717, 1.165) is 82.6 Å². The maximum Gasteiger partial charge on any atom is 0.160 e. The molecule has 0 aliphatic heterocycles. The van der Waals surface area contributed by atoms with Crippen LogP contribution in [0.5, 0.6) is 0 Å². The second kappa shape index (κ2) is 16.0. The van der Waals surface area contributed by atoms with Gasteiger partial charge in [-0.2, -0.15) is 0 Å². The molecule has 0 spiro atoms. The molecule has 10 aromatic carbocycles. The summed E-state index contributed by atoms with van der Waals surface area (Å²) in [6.45, 7) is 0. The largest absolute Gasteiger partial charge is 0.308 e. The van der Waals surface area contributed by atoms with E-state index in [4.69, 9.17) is 30.5 Å². The van der Waals surface area contributed by atoms with E-state index in [0.29, 0.717) is 11.1 Å². The fourth-order valence-corrected chi connectivity index (χ4v) is 9.27. The Morgan fingerprint density at radius 1 is 0.284 bits per heavy atom. The van der Waals surface area contributed by atoms with Crippen molar-refractivity contribution in [1.82, 2.24) is 14.4 Å². The van der Waals surface area contributed by atoms with Crippen molar-refractivity contribution in [2.24, 2.45) is 0 Å². The molecule has 13 rings (SSSR count). The van der Waals surface area contributed by atoms with E-state index in [-0.39, 0.29) is 58.1 Å². The Morgan fingerprint density at radius 2 is 0.627 bits per heavy atom. The summed E-state index contributed by atoms with van der Waals surface area (Å²) in [6, 6.07) is 44.4. The minimum atomic E-state index is -0.593. The van der Waals surface area contributed by atoms with Crippen LogP contribution in [0.3, 0.4) is 0 Å². The standard InChI is InChI=1S/C64H41N3/c1-4-15-42(16-5-1)52-31-33-55-57-29-14-30-58-56-34-32-53(40-62(56)67(63(57)58)61(55)39-52)50-26-12-24-48(37-50)46-22-10-21-45(35-46)47-23-11-25-49(36-47)51-27-13-28-54(38-51)64-65-59(43-17-6-2-7-18-43)41-60(66-64)44-19-8-3-9-20-44/h1-41H/i1D,2D,3D,4D,5D,6D,7D,8D,9D,15D,16D,17D,18D,19D,20D. The monoisotopic (exact) mass is 866 g/mol. The van der Waals surface area contributed by atoms with Crippen LogP contribution in [0.4, 0.5) is 0 Å². The fraction of sp³-hybridized carbons (Fsp3) is 0. The van der Waals surface area contributed by atoms with Crippen molar-refractivity contribution in [3.63, 3.8) is 0 Å². The van der Waals surface area contributed by atoms with Gasteiger partial charge in [0.1, 0.15) is 0 Å². The first kappa shape index (κ1) is 26.1.